The van der Waals surface area contributed by atoms with Crippen molar-refractivity contribution in [2.45, 2.75) is 82.9 Å². The maximum atomic E-state index is 13.0. The quantitative estimate of drug-likeness (QED) is 0.663. The summed E-state index contributed by atoms with van der Waals surface area (Å²) in [6.07, 6.45) is 4.53. The van der Waals surface area contributed by atoms with Crippen molar-refractivity contribution in [1.29, 1.82) is 0 Å². The summed E-state index contributed by atoms with van der Waals surface area (Å²) in [7, 11) is -3.57. The van der Waals surface area contributed by atoms with Crippen LogP contribution in [0.15, 0.2) is 15.5 Å². The fourth-order valence-corrected chi connectivity index (χ4v) is 5.44. The molecule has 0 radical (unpaired) electrons. The number of urea groups is 1. The molecule has 0 aliphatic heterocycles. The van der Waals surface area contributed by atoms with Gasteiger partial charge in [-0.1, -0.05) is 13.8 Å². The smallest absolute Gasteiger partial charge is 0.354 e. The third-order valence-electron chi connectivity index (χ3n) is 6.16. The van der Waals surface area contributed by atoms with Crippen LogP contribution in [-0.2, 0) is 41.2 Å². The van der Waals surface area contributed by atoms with E-state index in [1.54, 1.807) is 0 Å². The Morgan fingerprint density at radius 2 is 2.10 bits per heavy atom. The van der Waals surface area contributed by atoms with Crippen LogP contribution in [0.3, 0.4) is 0 Å². The van der Waals surface area contributed by atoms with Crippen LogP contribution in [0.1, 0.15) is 74.8 Å². The molecular formula is C21H30N6O3S. The van der Waals surface area contributed by atoms with E-state index in [0.717, 1.165) is 60.3 Å². The number of carbonyl (C=O) groups is 1. The van der Waals surface area contributed by atoms with E-state index in [1.807, 2.05) is 13.8 Å². The minimum absolute atomic E-state index is 0.0216. The Kier molecular flexibility index (Phi) is 5.43. The number of nitrogens with two attached hydrogens (primary N) is 1. The molecule has 0 spiro atoms. The first-order valence-corrected chi connectivity index (χ1v) is 12.2. The number of anilines is 1. The summed E-state index contributed by atoms with van der Waals surface area (Å²) < 4.78 is 18.4. The van der Waals surface area contributed by atoms with Crippen molar-refractivity contribution in [2.75, 3.05) is 5.32 Å². The minimum Gasteiger partial charge on any atom is -0.390 e. The lowest BCUT2D eigenvalue weighted by atomic mass is 9.90. The highest BCUT2D eigenvalue weighted by molar-refractivity contribution is 7.91. The van der Waals surface area contributed by atoms with Gasteiger partial charge in [0.2, 0.25) is 0 Å². The van der Waals surface area contributed by atoms with Gasteiger partial charge in [-0.05, 0) is 57.1 Å². The fraction of sp³-hybridized carbons (Fsp3) is 0.571. The number of aliphatic hydroxyl groups is 1. The van der Waals surface area contributed by atoms with Crippen molar-refractivity contribution in [2.24, 2.45) is 9.50 Å². The average Bonchev–Trinajstić information content (AvgIpc) is 3.39. The lowest BCUT2D eigenvalue weighted by Crippen LogP contribution is -2.20. The first-order chi connectivity index (χ1) is 14.5. The molecule has 0 bridgehead atoms. The normalized spacial score (nSPS) is 18.5. The zero-order valence-corrected chi connectivity index (χ0v) is 19.3. The van der Waals surface area contributed by atoms with Crippen molar-refractivity contribution < 1.29 is 14.1 Å². The molecule has 0 aromatic carbocycles. The number of rotatable bonds is 4. The third-order valence-corrected chi connectivity index (χ3v) is 7.39. The molecule has 0 fully saturated rings. The number of fused-ring (bicyclic) bond motifs is 2. The van der Waals surface area contributed by atoms with Crippen LogP contribution >= 0.6 is 0 Å². The molecule has 168 valence electrons. The first kappa shape index (κ1) is 21.9. The standard InChI is InChI=1S/C21H30N6O3S/c1-12(2)27-13(11-28)10-17(25-27)31(22,30)26-20(29)24-18-14-6-5-7-16(14)23-19-15(18)8-9-21(19,3)4/h10,12,28H,5-9,11H2,1-4H3,(H3,22,23,24,26,29,30)/t31-/m0/s1. The summed E-state index contributed by atoms with van der Waals surface area (Å²) in [5.41, 5.74) is 5.33. The number of amides is 2. The molecule has 10 heteroatoms. The summed E-state index contributed by atoms with van der Waals surface area (Å²) >= 11 is 0. The molecule has 4 N–H and O–H groups in total. The number of hydrogen-bond donors (Lipinski definition) is 3. The van der Waals surface area contributed by atoms with Gasteiger partial charge in [0, 0.05) is 23.2 Å². The fourth-order valence-electron chi connectivity index (χ4n) is 4.55. The predicted octanol–water partition coefficient (Wildman–Crippen LogP) is 3.00. The SMILES string of the molecule is CC(C)n1nc([S@@](N)(=O)=NC(=O)Nc2c3c(nc4c2CCC4(C)C)CCC3)cc1CO. The van der Waals surface area contributed by atoms with Crippen molar-refractivity contribution in [3.05, 3.63) is 34.3 Å². The molecule has 2 aliphatic carbocycles. The van der Waals surface area contributed by atoms with Gasteiger partial charge in [0.05, 0.1) is 23.7 Å². The molecule has 0 saturated heterocycles. The number of nitrogens with zero attached hydrogens (tertiary/aromatic N) is 4. The van der Waals surface area contributed by atoms with Crippen LogP contribution in [0.2, 0.25) is 0 Å². The number of aryl methyl sites for hydroxylation is 1. The van der Waals surface area contributed by atoms with Gasteiger partial charge in [-0.3, -0.25) is 9.67 Å². The number of aromatic nitrogens is 3. The molecule has 2 amide bonds. The third kappa shape index (κ3) is 3.88. The van der Waals surface area contributed by atoms with Gasteiger partial charge in [-0.15, -0.1) is 4.36 Å². The zero-order valence-electron chi connectivity index (χ0n) is 18.4. The van der Waals surface area contributed by atoms with E-state index >= 15 is 0 Å². The molecule has 2 aromatic rings. The van der Waals surface area contributed by atoms with Crippen LogP contribution in [0.25, 0.3) is 0 Å². The Morgan fingerprint density at radius 3 is 2.74 bits per heavy atom. The van der Waals surface area contributed by atoms with E-state index in [0.29, 0.717) is 5.69 Å². The molecule has 0 saturated carbocycles. The topological polar surface area (TPSA) is 135 Å². The lowest BCUT2D eigenvalue weighted by molar-refractivity contribution is 0.260. The van der Waals surface area contributed by atoms with E-state index < -0.39 is 15.9 Å². The molecule has 2 aromatic heterocycles. The molecule has 1 atom stereocenters. The van der Waals surface area contributed by atoms with Crippen LogP contribution in [0, 0.1) is 0 Å². The van der Waals surface area contributed by atoms with Crippen molar-refractivity contribution >= 4 is 21.6 Å². The van der Waals surface area contributed by atoms with E-state index in [2.05, 4.69) is 28.6 Å². The molecule has 31 heavy (non-hydrogen) atoms. The Balaban J connectivity index is 1.70. The number of hydrogen-bond acceptors (Lipinski definition) is 5. The van der Waals surface area contributed by atoms with Gasteiger partial charge >= 0.3 is 6.03 Å². The van der Waals surface area contributed by atoms with Crippen LogP contribution in [0.5, 0.6) is 0 Å². The highest BCUT2D eigenvalue weighted by Gasteiger charge is 2.36. The zero-order chi connectivity index (χ0) is 22.6. The van der Waals surface area contributed by atoms with Gasteiger partial charge in [0.1, 0.15) is 0 Å². The monoisotopic (exact) mass is 446 g/mol. The predicted molar refractivity (Wildman–Crippen MR) is 118 cm³/mol. The molecule has 4 rings (SSSR count). The van der Waals surface area contributed by atoms with Crippen LogP contribution in [-0.4, -0.2) is 30.1 Å². The molecular weight excluding hydrogens is 416 g/mol. The van der Waals surface area contributed by atoms with Crippen LogP contribution in [0.4, 0.5) is 10.5 Å². The largest absolute Gasteiger partial charge is 0.390 e. The molecule has 2 aliphatic rings. The number of carbonyl (C=O) groups excluding carboxylic acids is 1. The molecule has 2 heterocycles. The van der Waals surface area contributed by atoms with E-state index in [1.165, 1.54) is 10.7 Å². The minimum atomic E-state index is -3.57. The van der Waals surface area contributed by atoms with Gasteiger partial charge in [0.15, 0.2) is 14.9 Å². The highest BCUT2D eigenvalue weighted by Crippen LogP contribution is 2.44. The second kappa shape index (κ2) is 7.68. The van der Waals surface area contributed by atoms with E-state index in [9.17, 15) is 14.1 Å². The Bertz CT molecular complexity index is 1170. The first-order valence-electron chi connectivity index (χ1n) is 10.6. The number of aliphatic hydroxyl groups excluding tert-OH is 1. The van der Waals surface area contributed by atoms with Crippen molar-refractivity contribution in [1.82, 2.24) is 14.8 Å². The Labute approximate surface area is 182 Å². The van der Waals surface area contributed by atoms with E-state index in [-0.39, 0.29) is 23.1 Å². The lowest BCUT2D eigenvalue weighted by Gasteiger charge is -2.20. The molecule has 9 nitrogen and oxygen atoms in total. The summed E-state index contributed by atoms with van der Waals surface area (Å²) in [4.78, 5) is 17.7. The van der Waals surface area contributed by atoms with Crippen molar-refractivity contribution in [3.8, 4) is 0 Å². The Morgan fingerprint density at radius 1 is 1.35 bits per heavy atom. The average molecular weight is 447 g/mol. The van der Waals surface area contributed by atoms with Crippen LogP contribution < -0.4 is 10.5 Å². The summed E-state index contributed by atoms with van der Waals surface area (Å²) in [5.74, 6) is 0. The second-order valence-electron chi connectivity index (χ2n) is 9.24. The molecule has 0 unspecified atom stereocenters. The van der Waals surface area contributed by atoms with Crippen molar-refractivity contribution in [3.63, 3.8) is 0 Å². The maximum absolute atomic E-state index is 13.0. The van der Waals surface area contributed by atoms with E-state index in [4.69, 9.17) is 10.1 Å². The number of nitrogens with one attached hydrogen (secondary N) is 1. The van der Waals surface area contributed by atoms with Gasteiger partial charge in [-0.25, -0.2) is 14.1 Å². The summed E-state index contributed by atoms with van der Waals surface area (Å²) in [6, 6.07) is 0.610. The number of pyridine rings is 1. The summed E-state index contributed by atoms with van der Waals surface area (Å²) in [5, 5.41) is 22.5. The Hall–Kier alpha value is -2.30. The van der Waals surface area contributed by atoms with Gasteiger partial charge < -0.3 is 10.4 Å². The maximum Gasteiger partial charge on any atom is 0.354 e. The van der Waals surface area contributed by atoms with Gasteiger partial charge in [-0.2, -0.15) is 5.10 Å². The highest BCUT2D eigenvalue weighted by atomic mass is 32.2. The van der Waals surface area contributed by atoms with Gasteiger partial charge in [0.25, 0.3) is 0 Å². The second-order valence-corrected chi connectivity index (χ2v) is 11.0. The summed E-state index contributed by atoms with van der Waals surface area (Å²) in [6.45, 7) is 7.81.